The molecule has 2 aliphatic carbocycles. The van der Waals surface area contributed by atoms with Gasteiger partial charge in [-0.1, -0.05) is 54.8 Å². The molecular weight excluding hydrogens is 426 g/mol. The molecule has 0 aliphatic heterocycles. The molecule has 34 heavy (non-hydrogen) atoms. The summed E-state index contributed by atoms with van der Waals surface area (Å²) in [6.07, 6.45) is 4.94. The predicted molar refractivity (Wildman–Crippen MR) is 135 cm³/mol. The van der Waals surface area contributed by atoms with Crippen LogP contribution in [0.5, 0.6) is 0 Å². The number of hydrogen-bond donors (Lipinski definition) is 4. The van der Waals surface area contributed by atoms with Gasteiger partial charge in [-0.2, -0.15) is 0 Å². The number of aliphatic imine (C=N–C) groups is 1. The van der Waals surface area contributed by atoms with Crippen molar-refractivity contribution in [1.29, 1.82) is 0 Å². The number of anilines is 1. The Labute approximate surface area is 199 Å². The maximum Gasteiger partial charge on any atom is 0.289 e. The molecule has 2 aliphatic rings. The topological polar surface area (TPSA) is 131 Å². The van der Waals surface area contributed by atoms with Crippen LogP contribution in [-0.4, -0.2) is 40.0 Å². The number of amides is 1. The second kappa shape index (κ2) is 9.29. The van der Waals surface area contributed by atoms with Crippen LogP contribution >= 0.6 is 0 Å². The minimum atomic E-state index is -0.252. The van der Waals surface area contributed by atoms with E-state index >= 15 is 0 Å². The number of guanidine groups is 1. The third-order valence-corrected chi connectivity index (χ3v) is 6.76. The first kappa shape index (κ1) is 22.1. The average molecular weight is 458 g/mol. The van der Waals surface area contributed by atoms with Crippen LogP contribution in [0.15, 0.2) is 53.5 Å². The van der Waals surface area contributed by atoms with Gasteiger partial charge >= 0.3 is 0 Å². The molecule has 6 N–H and O–H groups in total. The lowest BCUT2D eigenvalue weighted by molar-refractivity contribution is 0.0940. The molecule has 4 atom stereocenters. The number of hydrogen-bond acceptors (Lipinski definition) is 5. The molecule has 2 fully saturated rings. The van der Waals surface area contributed by atoms with Crippen LogP contribution in [0.4, 0.5) is 5.82 Å². The van der Waals surface area contributed by atoms with Gasteiger partial charge in [0.05, 0.1) is 17.6 Å². The monoisotopic (exact) mass is 457 g/mol. The third-order valence-electron chi connectivity index (χ3n) is 6.76. The molecular formula is C26H31N7O. The van der Waals surface area contributed by atoms with E-state index in [-0.39, 0.29) is 35.8 Å². The number of carbonyl (C=O) groups is 1. The van der Waals surface area contributed by atoms with Gasteiger partial charge in [-0.05, 0) is 43.9 Å². The summed E-state index contributed by atoms with van der Waals surface area (Å²) in [7, 11) is 0. The Morgan fingerprint density at radius 3 is 2.62 bits per heavy atom. The summed E-state index contributed by atoms with van der Waals surface area (Å²) in [6, 6.07) is 16.4. The van der Waals surface area contributed by atoms with Gasteiger partial charge in [0.2, 0.25) is 5.82 Å². The number of benzene rings is 2. The Hall–Kier alpha value is -3.68. The number of nitrogens with one attached hydrogen (secondary N) is 2. The van der Waals surface area contributed by atoms with Crippen LogP contribution in [0.2, 0.25) is 0 Å². The Morgan fingerprint density at radius 1 is 1.03 bits per heavy atom. The Balaban J connectivity index is 1.41. The smallest absolute Gasteiger partial charge is 0.289 e. The second-order valence-corrected chi connectivity index (χ2v) is 9.41. The first-order valence-corrected chi connectivity index (χ1v) is 12.0. The summed E-state index contributed by atoms with van der Waals surface area (Å²) in [5.74, 6) is 1.01. The lowest BCUT2D eigenvalue weighted by Crippen LogP contribution is -2.38. The minimum absolute atomic E-state index is 0.0241. The van der Waals surface area contributed by atoms with Gasteiger partial charge in [0, 0.05) is 17.3 Å². The Morgan fingerprint density at radius 2 is 1.82 bits per heavy atom. The van der Waals surface area contributed by atoms with Crippen molar-refractivity contribution in [1.82, 2.24) is 15.3 Å². The van der Waals surface area contributed by atoms with E-state index in [1.165, 1.54) is 5.56 Å². The number of nitrogens with zero attached hydrogens (tertiary/aromatic N) is 3. The number of aryl methyl sites for hydroxylation is 1. The number of carbonyl (C=O) groups excluding carboxylic acids is 1. The van der Waals surface area contributed by atoms with Gasteiger partial charge in [-0.15, -0.1) is 0 Å². The van der Waals surface area contributed by atoms with E-state index in [9.17, 15) is 4.79 Å². The number of fused-ring (bicyclic) bond motifs is 1. The van der Waals surface area contributed by atoms with Crippen molar-refractivity contribution in [2.45, 2.75) is 63.1 Å². The molecule has 5 rings (SSSR count). The molecule has 176 valence electrons. The SMILES string of the molecule is Cc1ccc2nc(C(=O)NC3CC3c3ccccc3)nc(NC3CCCCC3N=C(N)N)c2c1. The minimum Gasteiger partial charge on any atom is -0.370 e. The fourth-order valence-electron chi connectivity index (χ4n) is 4.91. The average Bonchev–Trinajstić information content (AvgIpc) is 3.59. The molecule has 3 aromatic rings. The van der Waals surface area contributed by atoms with Crippen molar-refractivity contribution >= 4 is 28.6 Å². The quantitative estimate of drug-likeness (QED) is 0.332. The summed E-state index contributed by atoms with van der Waals surface area (Å²) in [6.45, 7) is 2.03. The third kappa shape index (κ3) is 4.81. The molecule has 8 heteroatoms. The van der Waals surface area contributed by atoms with Crippen molar-refractivity contribution in [3.05, 3.63) is 65.5 Å². The molecule has 0 saturated heterocycles. The van der Waals surface area contributed by atoms with Gasteiger partial charge in [0.25, 0.3) is 5.91 Å². The fourth-order valence-corrected chi connectivity index (χ4v) is 4.91. The predicted octanol–water partition coefficient (Wildman–Crippen LogP) is 3.22. The standard InChI is InChI=1S/C26H31N7O/c1-15-11-12-19-18(13-15)23(30-20-9-5-6-10-21(20)32-26(27)28)33-24(29-19)25(34)31-22-14-17(22)16-7-3-2-4-8-16/h2-4,7-8,11-13,17,20-22H,5-6,9-10,14H2,1H3,(H,31,34)(H4,27,28,32)(H,29,30,33). The molecule has 2 aromatic carbocycles. The van der Waals surface area contributed by atoms with Crippen molar-refractivity contribution in [2.24, 2.45) is 16.5 Å². The number of rotatable bonds is 6. The van der Waals surface area contributed by atoms with Gasteiger partial charge in [0.1, 0.15) is 5.82 Å². The number of nitrogens with two attached hydrogens (primary N) is 2. The van der Waals surface area contributed by atoms with E-state index in [4.69, 9.17) is 11.5 Å². The van der Waals surface area contributed by atoms with E-state index in [0.29, 0.717) is 11.7 Å². The first-order valence-electron chi connectivity index (χ1n) is 12.0. The first-order chi connectivity index (χ1) is 16.5. The van der Waals surface area contributed by atoms with Gasteiger partial charge in [-0.3, -0.25) is 4.79 Å². The lowest BCUT2D eigenvalue weighted by atomic mass is 9.90. The molecule has 0 bridgehead atoms. The van der Waals surface area contributed by atoms with E-state index in [1.54, 1.807) is 0 Å². The highest BCUT2D eigenvalue weighted by molar-refractivity contribution is 5.97. The van der Waals surface area contributed by atoms with Crippen molar-refractivity contribution < 1.29 is 4.79 Å². The van der Waals surface area contributed by atoms with Crippen molar-refractivity contribution in [3.63, 3.8) is 0 Å². The second-order valence-electron chi connectivity index (χ2n) is 9.41. The molecule has 1 heterocycles. The zero-order chi connectivity index (χ0) is 23.7. The molecule has 0 radical (unpaired) electrons. The maximum absolute atomic E-state index is 13.1. The van der Waals surface area contributed by atoms with Crippen molar-refractivity contribution in [3.8, 4) is 0 Å². The van der Waals surface area contributed by atoms with Crippen LogP contribution in [0.3, 0.4) is 0 Å². The highest BCUT2D eigenvalue weighted by Gasteiger charge is 2.40. The summed E-state index contributed by atoms with van der Waals surface area (Å²) >= 11 is 0. The molecule has 2 saturated carbocycles. The normalized spacial score (nSPS) is 23.8. The molecule has 1 amide bonds. The Bertz CT molecular complexity index is 1220. The molecule has 0 spiro atoms. The van der Waals surface area contributed by atoms with Crippen LogP contribution in [-0.2, 0) is 0 Å². The Kier molecular flexibility index (Phi) is 6.04. The molecule has 8 nitrogen and oxygen atoms in total. The zero-order valence-electron chi connectivity index (χ0n) is 19.4. The van der Waals surface area contributed by atoms with E-state index in [1.807, 2.05) is 43.3 Å². The molecule has 4 unspecified atom stereocenters. The summed E-state index contributed by atoms with van der Waals surface area (Å²) in [5.41, 5.74) is 14.4. The van der Waals surface area contributed by atoms with Gasteiger partial charge in [-0.25, -0.2) is 15.0 Å². The summed E-state index contributed by atoms with van der Waals surface area (Å²) in [4.78, 5) is 26.8. The van der Waals surface area contributed by atoms with Crippen LogP contribution < -0.4 is 22.1 Å². The summed E-state index contributed by atoms with van der Waals surface area (Å²) < 4.78 is 0. The molecule has 1 aromatic heterocycles. The maximum atomic E-state index is 13.1. The highest BCUT2D eigenvalue weighted by atomic mass is 16.2. The largest absolute Gasteiger partial charge is 0.370 e. The summed E-state index contributed by atoms with van der Waals surface area (Å²) in [5, 5.41) is 7.56. The lowest BCUT2D eigenvalue weighted by Gasteiger charge is -2.30. The van der Waals surface area contributed by atoms with Crippen LogP contribution in [0.25, 0.3) is 10.9 Å². The highest BCUT2D eigenvalue weighted by Crippen LogP contribution is 2.40. The van der Waals surface area contributed by atoms with E-state index in [0.717, 1.165) is 48.6 Å². The van der Waals surface area contributed by atoms with E-state index in [2.05, 4.69) is 37.7 Å². The van der Waals surface area contributed by atoms with Crippen LogP contribution in [0.1, 0.15) is 59.8 Å². The van der Waals surface area contributed by atoms with Gasteiger partial charge in [0.15, 0.2) is 5.96 Å². The van der Waals surface area contributed by atoms with Crippen LogP contribution in [0, 0.1) is 6.92 Å². The zero-order valence-corrected chi connectivity index (χ0v) is 19.4. The van der Waals surface area contributed by atoms with Crippen molar-refractivity contribution in [2.75, 3.05) is 5.32 Å². The van der Waals surface area contributed by atoms with Gasteiger partial charge < -0.3 is 22.1 Å². The fraction of sp³-hybridized carbons (Fsp3) is 0.385. The number of aromatic nitrogens is 2. The van der Waals surface area contributed by atoms with E-state index < -0.39 is 0 Å².